The fraction of sp³-hybridized carbons (Fsp3) is 1.00. The van der Waals surface area contributed by atoms with E-state index in [0.29, 0.717) is 0 Å². The second-order valence-electron chi connectivity index (χ2n) is 5.89. The number of unbranched alkanes of at least 4 members (excludes halogenated alkanes) is 7. The van der Waals surface area contributed by atoms with Gasteiger partial charge in [0, 0.05) is 6.42 Å². The Morgan fingerprint density at radius 2 is 1.26 bits per heavy atom. The number of hydrogen-bond donors (Lipinski definition) is 0. The maximum Gasteiger partial charge on any atom is 0.168 e. The highest BCUT2D eigenvalue weighted by atomic mass is 16.7. The number of hydrogen-bond acceptors (Lipinski definition) is 2. The molecule has 0 unspecified atom stereocenters. The van der Waals surface area contributed by atoms with Crippen LogP contribution in [0.4, 0.5) is 0 Å². The lowest BCUT2D eigenvalue weighted by Gasteiger charge is -2.31. The van der Waals surface area contributed by atoms with Gasteiger partial charge in [0.2, 0.25) is 0 Å². The predicted molar refractivity (Wildman–Crippen MR) is 81.4 cm³/mol. The summed E-state index contributed by atoms with van der Waals surface area (Å²) in [6.45, 7) is 6.22. The average Bonchev–Trinajstić information content (AvgIpc) is 2.68. The Balaban J connectivity index is 2.05. The highest BCUT2D eigenvalue weighted by Gasteiger charge is 2.30. The third kappa shape index (κ3) is 7.31. The van der Waals surface area contributed by atoms with Crippen LogP contribution in [0.5, 0.6) is 0 Å². The van der Waals surface area contributed by atoms with Crippen LogP contribution in [-0.2, 0) is 9.47 Å². The van der Waals surface area contributed by atoms with Gasteiger partial charge in [-0.15, -0.1) is 0 Å². The Kier molecular flexibility index (Phi) is 9.54. The van der Waals surface area contributed by atoms with Crippen molar-refractivity contribution in [3.63, 3.8) is 0 Å². The van der Waals surface area contributed by atoms with Gasteiger partial charge in [-0.2, -0.15) is 0 Å². The van der Waals surface area contributed by atoms with Crippen molar-refractivity contribution in [1.82, 2.24) is 0 Å². The minimum absolute atomic E-state index is 0.251. The molecule has 1 aliphatic rings. The van der Waals surface area contributed by atoms with Gasteiger partial charge in [0.05, 0.1) is 13.2 Å². The minimum atomic E-state index is -0.251. The third-order valence-corrected chi connectivity index (χ3v) is 4.22. The molecule has 1 aliphatic heterocycles. The van der Waals surface area contributed by atoms with Crippen molar-refractivity contribution in [2.75, 3.05) is 13.2 Å². The third-order valence-electron chi connectivity index (χ3n) is 4.22. The zero-order valence-corrected chi connectivity index (χ0v) is 13.2. The van der Waals surface area contributed by atoms with Gasteiger partial charge in [-0.3, -0.25) is 0 Å². The van der Waals surface area contributed by atoms with Gasteiger partial charge in [0.25, 0.3) is 0 Å². The van der Waals surface area contributed by atoms with E-state index in [4.69, 9.17) is 9.47 Å². The summed E-state index contributed by atoms with van der Waals surface area (Å²) in [5.74, 6) is -0.251. The van der Waals surface area contributed by atoms with E-state index in [2.05, 4.69) is 13.8 Å². The molecule has 19 heavy (non-hydrogen) atoms. The topological polar surface area (TPSA) is 18.5 Å². The van der Waals surface area contributed by atoms with E-state index in [9.17, 15) is 0 Å². The zero-order valence-electron chi connectivity index (χ0n) is 13.2. The first kappa shape index (κ1) is 17.0. The minimum Gasteiger partial charge on any atom is -0.350 e. The molecule has 0 atom stereocenters. The Bertz CT molecular complexity index is 195. The molecule has 1 fully saturated rings. The van der Waals surface area contributed by atoms with E-state index in [-0.39, 0.29) is 5.79 Å². The molecule has 114 valence electrons. The highest BCUT2D eigenvalue weighted by molar-refractivity contribution is 4.70. The largest absolute Gasteiger partial charge is 0.350 e. The van der Waals surface area contributed by atoms with E-state index in [1.165, 1.54) is 51.4 Å². The molecule has 2 nitrogen and oxygen atoms in total. The Morgan fingerprint density at radius 3 is 1.79 bits per heavy atom. The summed E-state index contributed by atoms with van der Waals surface area (Å²) in [4.78, 5) is 0. The van der Waals surface area contributed by atoms with Crippen LogP contribution in [0.2, 0.25) is 0 Å². The molecule has 0 aromatic rings. The van der Waals surface area contributed by atoms with Crippen LogP contribution in [-0.4, -0.2) is 19.0 Å². The van der Waals surface area contributed by atoms with E-state index in [1.54, 1.807) is 0 Å². The fourth-order valence-corrected chi connectivity index (χ4v) is 2.82. The van der Waals surface area contributed by atoms with Crippen molar-refractivity contribution < 1.29 is 9.47 Å². The van der Waals surface area contributed by atoms with E-state index >= 15 is 0 Å². The highest BCUT2D eigenvalue weighted by Crippen LogP contribution is 2.28. The maximum absolute atomic E-state index is 5.98. The van der Waals surface area contributed by atoms with Gasteiger partial charge in [-0.05, 0) is 25.7 Å². The summed E-state index contributed by atoms with van der Waals surface area (Å²) < 4.78 is 12.0. The summed E-state index contributed by atoms with van der Waals surface area (Å²) in [6.07, 6.45) is 15.3. The molecule has 2 heteroatoms. The first-order chi connectivity index (χ1) is 9.33. The van der Waals surface area contributed by atoms with E-state index in [0.717, 1.165) is 38.9 Å². The molecule has 0 spiro atoms. The molecule has 0 N–H and O–H groups in total. The zero-order chi connectivity index (χ0) is 13.8. The maximum atomic E-state index is 5.98. The van der Waals surface area contributed by atoms with Gasteiger partial charge in [0.1, 0.15) is 0 Å². The molecule has 0 bridgehead atoms. The smallest absolute Gasteiger partial charge is 0.168 e. The van der Waals surface area contributed by atoms with Crippen LogP contribution in [0, 0.1) is 0 Å². The first-order valence-electron chi connectivity index (χ1n) is 8.61. The van der Waals surface area contributed by atoms with Gasteiger partial charge < -0.3 is 9.47 Å². The molecule has 0 amide bonds. The SMILES string of the molecule is CCCCCCCCCCC1(CC)OCCCCO1. The van der Waals surface area contributed by atoms with Crippen LogP contribution in [0.15, 0.2) is 0 Å². The fourth-order valence-electron chi connectivity index (χ4n) is 2.82. The normalized spacial score (nSPS) is 19.3. The molecule has 0 aromatic heterocycles. The molecular formula is C17H34O2. The van der Waals surface area contributed by atoms with E-state index in [1.807, 2.05) is 0 Å². The van der Waals surface area contributed by atoms with Crippen LogP contribution in [0.25, 0.3) is 0 Å². The molecule has 1 heterocycles. The lowest BCUT2D eigenvalue weighted by atomic mass is 10.0. The van der Waals surface area contributed by atoms with Crippen LogP contribution in [0.3, 0.4) is 0 Å². The summed E-state index contributed by atoms with van der Waals surface area (Å²) in [5.41, 5.74) is 0. The Hall–Kier alpha value is -0.0800. The summed E-state index contributed by atoms with van der Waals surface area (Å²) in [7, 11) is 0. The first-order valence-corrected chi connectivity index (χ1v) is 8.61. The van der Waals surface area contributed by atoms with E-state index < -0.39 is 0 Å². The predicted octanol–water partition coefficient (Wildman–Crippen LogP) is 5.45. The van der Waals surface area contributed by atoms with Crippen molar-refractivity contribution >= 4 is 0 Å². The molecule has 0 saturated carbocycles. The van der Waals surface area contributed by atoms with Crippen molar-refractivity contribution in [1.29, 1.82) is 0 Å². The molecule has 0 aliphatic carbocycles. The Morgan fingerprint density at radius 1 is 0.737 bits per heavy atom. The molecular weight excluding hydrogens is 236 g/mol. The second kappa shape index (κ2) is 10.7. The molecule has 0 aromatic carbocycles. The number of ether oxygens (including phenoxy) is 2. The lowest BCUT2D eigenvalue weighted by molar-refractivity contribution is -0.231. The summed E-state index contributed by atoms with van der Waals surface area (Å²) in [6, 6.07) is 0. The van der Waals surface area contributed by atoms with Gasteiger partial charge >= 0.3 is 0 Å². The summed E-state index contributed by atoms with van der Waals surface area (Å²) in [5, 5.41) is 0. The van der Waals surface area contributed by atoms with Crippen LogP contribution in [0.1, 0.15) is 90.9 Å². The van der Waals surface area contributed by atoms with Gasteiger partial charge in [-0.25, -0.2) is 0 Å². The van der Waals surface area contributed by atoms with Crippen molar-refractivity contribution in [2.45, 2.75) is 96.7 Å². The Labute approximate surface area is 120 Å². The molecule has 1 saturated heterocycles. The van der Waals surface area contributed by atoms with Crippen molar-refractivity contribution in [3.05, 3.63) is 0 Å². The van der Waals surface area contributed by atoms with Crippen LogP contribution < -0.4 is 0 Å². The van der Waals surface area contributed by atoms with Crippen LogP contribution >= 0.6 is 0 Å². The lowest BCUT2D eigenvalue weighted by Crippen LogP contribution is -2.34. The number of rotatable bonds is 10. The molecule has 1 rings (SSSR count). The monoisotopic (exact) mass is 270 g/mol. The second-order valence-corrected chi connectivity index (χ2v) is 5.89. The summed E-state index contributed by atoms with van der Waals surface area (Å²) >= 11 is 0. The molecule has 0 radical (unpaired) electrons. The van der Waals surface area contributed by atoms with Crippen molar-refractivity contribution in [3.8, 4) is 0 Å². The standard InChI is InChI=1S/C17H34O2/c1-3-5-6-7-8-9-10-11-14-17(4-2)18-15-12-13-16-19-17/h3-16H2,1-2H3. The quantitative estimate of drug-likeness (QED) is 0.491. The van der Waals surface area contributed by atoms with Gasteiger partial charge in [-0.1, -0.05) is 58.8 Å². The van der Waals surface area contributed by atoms with Gasteiger partial charge in [0.15, 0.2) is 5.79 Å². The van der Waals surface area contributed by atoms with Crippen molar-refractivity contribution in [2.24, 2.45) is 0 Å². The average molecular weight is 270 g/mol.